The predicted molar refractivity (Wildman–Crippen MR) is 82.8 cm³/mol. The number of carbonyl (C=O) groups is 1. The van der Waals surface area contributed by atoms with Crippen molar-refractivity contribution >= 4 is 15.7 Å². The van der Waals surface area contributed by atoms with E-state index in [4.69, 9.17) is 5.73 Å². The lowest BCUT2D eigenvalue weighted by Gasteiger charge is -2.28. The molecule has 1 aromatic carbocycles. The topological polar surface area (TPSA) is 89.3 Å². The molecule has 1 aliphatic carbocycles. The summed E-state index contributed by atoms with van der Waals surface area (Å²) in [5.41, 5.74) is 5.95. The van der Waals surface area contributed by atoms with Crippen molar-refractivity contribution in [2.45, 2.75) is 42.7 Å². The maximum atomic E-state index is 12.4. The second-order valence-electron chi connectivity index (χ2n) is 5.91. The van der Waals surface area contributed by atoms with Gasteiger partial charge in [-0.05, 0) is 30.5 Å². The van der Waals surface area contributed by atoms with Crippen molar-refractivity contribution in [3.63, 3.8) is 0 Å². The van der Waals surface area contributed by atoms with Gasteiger partial charge in [0.1, 0.15) is 0 Å². The minimum Gasteiger partial charge on any atom is -0.345 e. The van der Waals surface area contributed by atoms with Gasteiger partial charge in [0.2, 0.25) is 9.84 Å². The van der Waals surface area contributed by atoms with Crippen LogP contribution in [0.5, 0.6) is 0 Å². The summed E-state index contributed by atoms with van der Waals surface area (Å²) in [6.07, 6.45) is 3.70. The Morgan fingerprint density at radius 2 is 1.78 bits per heavy atom. The van der Waals surface area contributed by atoms with Crippen molar-refractivity contribution in [1.29, 1.82) is 0 Å². The van der Waals surface area contributed by atoms with Crippen LogP contribution in [0.3, 0.4) is 0 Å². The van der Waals surface area contributed by atoms with Crippen molar-refractivity contribution < 1.29 is 22.0 Å². The molecule has 8 heteroatoms. The number of rotatable bonds is 6. The molecule has 1 fully saturated rings. The summed E-state index contributed by atoms with van der Waals surface area (Å²) in [6, 6.07) is 5.62. The van der Waals surface area contributed by atoms with E-state index in [0.29, 0.717) is 12.1 Å². The van der Waals surface area contributed by atoms with E-state index >= 15 is 0 Å². The molecule has 0 atom stereocenters. The maximum absolute atomic E-state index is 12.4. The van der Waals surface area contributed by atoms with Crippen LogP contribution in [0.4, 0.5) is 8.78 Å². The third-order valence-electron chi connectivity index (χ3n) is 4.19. The molecule has 1 aliphatic rings. The van der Waals surface area contributed by atoms with Crippen molar-refractivity contribution in [3.05, 3.63) is 35.4 Å². The molecule has 1 saturated carbocycles. The largest absolute Gasteiger partial charge is 0.345 e. The first-order chi connectivity index (χ1) is 10.8. The minimum atomic E-state index is -4.47. The molecular weight excluding hydrogens is 326 g/mol. The number of benzene rings is 1. The normalized spacial score (nSPS) is 17.4. The second-order valence-corrected chi connectivity index (χ2v) is 7.88. The lowest BCUT2D eigenvalue weighted by atomic mass is 9.97. The lowest BCUT2D eigenvalue weighted by Crippen LogP contribution is -2.51. The third kappa shape index (κ3) is 4.26. The molecular formula is C15H20F2N2O3S. The Morgan fingerprint density at radius 3 is 2.26 bits per heavy atom. The van der Waals surface area contributed by atoms with Crippen LogP contribution >= 0.6 is 0 Å². The zero-order chi connectivity index (χ0) is 17.1. The van der Waals surface area contributed by atoms with E-state index in [0.717, 1.165) is 25.7 Å². The average Bonchev–Trinajstić information content (AvgIpc) is 2.96. The summed E-state index contributed by atoms with van der Waals surface area (Å²) in [5, 5.41) is 2.94. The van der Waals surface area contributed by atoms with Crippen LogP contribution in [0.1, 0.15) is 41.6 Å². The van der Waals surface area contributed by atoms with Crippen LogP contribution in [0, 0.1) is 0 Å². The highest BCUT2D eigenvalue weighted by Crippen LogP contribution is 2.29. The van der Waals surface area contributed by atoms with E-state index < -0.39 is 21.3 Å². The molecule has 128 valence electrons. The smallest absolute Gasteiger partial charge is 0.337 e. The number of hydrogen-bond acceptors (Lipinski definition) is 4. The average molecular weight is 346 g/mol. The predicted octanol–water partition coefficient (Wildman–Crippen LogP) is 1.83. The van der Waals surface area contributed by atoms with Crippen LogP contribution in [0.25, 0.3) is 0 Å². The lowest BCUT2D eigenvalue weighted by molar-refractivity contribution is 0.0903. The molecule has 0 spiro atoms. The molecule has 0 bridgehead atoms. The van der Waals surface area contributed by atoms with Gasteiger partial charge in [-0.3, -0.25) is 4.79 Å². The van der Waals surface area contributed by atoms with Gasteiger partial charge >= 0.3 is 5.76 Å². The maximum Gasteiger partial charge on any atom is 0.337 e. The summed E-state index contributed by atoms with van der Waals surface area (Å²) >= 11 is 0. The van der Waals surface area contributed by atoms with E-state index in [-0.39, 0.29) is 17.0 Å². The van der Waals surface area contributed by atoms with E-state index in [1.54, 1.807) is 0 Å². The van der Waals surface area contributed by atoms with Gasteiger partial charge in [-0.2, -0.15) is 8.78 Å². The molecule has 0 saturated heterocycles. The minimum absolute atomic E-state index is 0.219. The summed E-state index contributed by atoms with van der Waals surface area (Å²) in [5.74, 6) is -4.45. The molecule has 3 N–H and O–H groups in total. The van der Waals surface area contributed by atoms with Crippen LogP contribution in [0.15, 0.2) is 24.3 Å². The number of sulfone groups is 1. The summed E-state index contributed by atoms with van der Waals surface area (Å²) in [4.78, 5) is 12.3. The fraction of sp³-hybridized carbons (Fsp3) is 0.533. The first kappa shape index (κ1) is 17.8. The first-order valence-corrected chi connectivity index (χ1v) is 9.11. The van der Waals surface area contributed by atoms with Gasteiger partial charge in [0.15, 0.2) is 0 Å². The molecule has 0 aliphatic heterocycles. The molecule has 0 aromatic heterocycles. The summed E-state index contributed by atoms with van der Waals surface area (Å²) in [6.45, 7) is 0.365. The molecule has 5 nitrogen and oxygen atoms in total. The van der Waals surface area contributed by atoms with Crippen LogP contribution in [0.2, 0.25) is 0 Å². The van der Waals surface area contributed by atoms with E-state index in [2.05, 4.69) is 5.32 Å². The van der Waals surface area contributed by atoms with Gasteiger partial charge < -0.3 is 11.1 Å². The zero-order valence-corrected chi connectivity index (χ0v) is 13.4. The van der Waals surface area contributed by atoms with E-state index in [1.807, 2.05) is 0 Å². The van der Waals surface area contributed by atoms with E-state index in [1.165, 1.54) is 24.3 Å². The number of amides is 1. The van der Waals surface area contributed by atoms with Gasteiger partial charge in [0, 0.05) is 12.1 Å². The van der Waals surface area contributed by atoms with Gasteiger partial charge in [-0.1, -0.05) is 25.0 Å². The summed E-state index contributed by atoms with van der Waals surface area (Å²) < 4.78 is 47.1. The van der Waals surface area contributed by atoms with Gasteiger partial charge in [0.25, 0.3) is 5.91 Å². The SMILES string of the molecule is NCC1(NC(=O)c2ccc(CS(=O)(=O)C(F)F)cc2)CCCC1. The quantitative estimate of drug-likeness (QED) is 0.822. The van der Waals surface area contributed by atoms with Crippen molar-refractivity contribution in [2.75, 3.05) is 6.54 Å². The molecule has 23 heavy (non-hydrogen) atoms. The number of nitrogens with one attached hydrogen (secondary N) is 1. The molecule has 0 unspecified atom stereocenters. The van der Waals surface area contributed by atoms with Crippen LogP contribution in [-0.2, 0) is 15.6 Å². The van der Waals surface area contributed by atoms with Gasteiger partial charge in [-0.15, -0.1) is 0 Å². The Bertz CT molecular complexity index is 654. The molecule has 1 amide bonds. The summed E-state index contributed by atoms with van der Waals surface area (Å²) in [7, 11) is -4.47. The number of hydrogen-bond donors (Lipinski definition) is 2. The van der Waals surface area contributed by atoms with Crippen LogP contribution < -0.4 is 11.1 Å². The highest BCUT2D eigenvalue weighted by Gasteiger charge is 2.34. The van der Waals surface area contributed by atoms with Crippen molar-refractivity contribution in [1.82, 2.24) is 5.32 Å². The molecule has 1 aromatic rings. The number of alkyl halides is 2. The van der Waals surface area contributed by atoms with Gasteiger partial charge in [-0.25, -0.2) is 8.42 Å². The Kier molecular flexibility index (Phi) is 5.36. The molecule has 2 rings (SSSR count). The monoisotopic (exact) mass is 346 g/mol. The second kappa shape index (κ2) is 6.92. The van der Waals surface area contributed by atoms with E-state index in [9.17, 15) is 22.0 Å². The first-order valence-electron chi connectivity index (χ1n) is 7.39. The Morgan fingerprint density at radius 1 is 1.22 bits per heavy atom. The zero-order valence-electron chi connectivity index (χ0n) is 12.6. The fourth-order valence-electron chi connectivity index (χ4n) is 2.79. The highest BCUT2D eigenvalue weighted by atomic mass is 32.2. The number of nitrogens with two attached hydrogens (primary N) is 1. The Hall–Kier alpha value is -1.54. The van der Waals surface area contributed by atoms with Gasteiger partial charge in [0.05, 0.1) is 11.3 Å². The molecule has 0 radical (unpaired) electrons. The number of carbonyl (C=O) groups excluding carboxylic acids is 1. The third-order valence-corrected chi connectivity index (χ3v) is 5.46. The number of halogens is 2. The highest BCUT2D eigenvalue weighted by molar-refractivity contribution is 7.90. The van der Waals surface area contributed by atoms with Crippen LogP contribution in [-0.4, -0.2) is 32.2 Å². The molecule has 0 heterocycles. The van der Waals surface area contributed by atoms with Crippen molar-refractivity contribution in [2.24, 2.45) is 5.73 Å². The Balaban J connectivity index is 2.06. The van der Waals surface area contributed by atoms with Crippen molar-refractivity contribution in [3.8, 4) is 0 Å². The fourth-order valence-corrected chi connectivity index (χ4v) is 3.58. The standard InChI is InChI=1S/C15H20F2N2O3S/c16-14(17)23(21,22)9-11-3-5-12(6-4-11)13(20)19-15(10-18)7-1-2-8-15/h3-6,14H,1-2,7-10,18H2,(H,19,20). The Labute approximate surface area is 134 Å².